The van der Waals surface area contributed by atoms with E-state index < -0.39 is 34.9 Å². The molecule has 2 aromatic carbocycles. The van der Waals surface area contributed by atoms with Gasteiger partial charge in [0, 0.05) is 30.6 Å². The molecule has 3 rings (SSSR count). The number of nitrogens with one attached hydrogen (secondary N) is 2. The SMILES string of the molecule is CC(C)(C)C1=NC(C(=O)NCc2ccc(F)cc2)C(=O)C(=O)N1CCCNC(=O)c1ccccc1. The van der Waals surface area contributed by atoms with Crippen LogP contribution in [0.3, 0.4) is 0 Å². The van der Waals surface area contributed by atoms with Gasteiger partial charge in [0.05, 0.1) is 0 Å². The van der Waals surface area contributed by atoms with Crippen molar-refractivity contribution in [3.8, 4) is 0 Å². The molecule has 8 nitrogen and oxygen atoms in total. The maximum absolute atomic E-state index is 13.1. The average Bonchev–Trinajstić information content (AvgIpc) is 2.83. The number of halogens is 1. The number of hydrogen-bond acceptors (Lipinski definition) is 5. The zero-order valence-electron chi connectivity index (χ0n) is 20.0. The largest absolute Gasteiger partial charge is 0.352 e. The summed E-state index contributed by atoms with van der Waals surface area (Å²) >= 11 is 0. The van der Waals surface area contributed by atoms with Crippen LogP contribution in [0.2, 0.25) is 0 Å². The summed E-state index contributed by atoms with van der Waals surface area (Å²) in [6.45, 7) is 6.05. The fourth-order valence-electron chi connectivity index (χ4n) is 3.60. The van der Waals surface area contributed by atoms with Crippen LogP contribution in [0, 0.1) is 11.2 Å². The number of amides is 3. The van der Waals surface area contributed by atoms with E-state index in [2.05, 4.69) is 15.6 Å². The summed E-state index contributed by atoms with van der Waals surface area (Å²) in [5, 5.41) is 5.39. The van der Waals surface area contributed by atoms with Crippen molar-refractivity contribution in [3.05, 3.63) is 71.5 Å². The van der Waals surface area contributed by atoms with Crippen molar-refractivity contribution in [1.29, 1.82) is 0 Å². The number of ketones is 1. The van der Waals surface area contributed by atoms with Gasteiger partial charge in [-0.25, -0.2) is 9.38 Å². The Hall–Kier alpha value is -3.88. The lowest BCUT2D eigenvalue weighted by molar-refractivity contribution is -0.146. The second-order valence-corrected chi connectivity index (χ2v) is 9.25. The minimum Gasteiger partial charge on any atom is -0.352 e. The van der Waals surface area contributed by atoms with Gasteiger partial charge in [-0.1, -0.05) is 51.1 Å². The molecule has 2 N–H and O–H groups in total. The maximum atomic E-state index is 13.1. The minimum atomic E-state index is -1.48. The Labute approximate surface area is 203 Å². The van der Waals surface area contributed by atoms with E-state index >= 15 is 0 Å². The number of nitrogens with zero attached hydrogens (tertiary/aromatic N) is 2. The lowest BCUT2D eigenvalue weighted by Crippen LogP contribution is -2.57. The van der Waals surface area contributed by atoms with Gasteiger partial charge in [0.2, 0.25) is 0 Å². The summed E-state index contributed by atoms with van der Waals surface area (Å²) in [4.78, 5) is 56.3. The van der Waals surface area contributed by atoms with Gasteiger partial charge in [-0.05, 0) is 36.2 Å². The molecule has 9 heteroatoms. The Bertz CT molecular complexity index is 1120. The van der Waals surface area contributed by atoms with Gasteiger partial charge < -0.3 is 10.6 Å². The van der Waals surface area contributed by atoms with E-state index in [4.69, 9.17) is 0 Å². The second-order valence-electron chi connectivity index (χ2n) is 9.25. The Kier molecular flexibility index (Phi) is 8.11. The number of carbonyl (C=O) groups is 4. The van der Waals surface area contributed by atoms with E-state index in [0.717, 1.165) is 0 Å². The van der Waals surface area contributed by atoms with Gasteiger partial charge in [0.1, 0.15) is 11.7 Å². The van der Waals surface area contributed by atoms with Crippen molar-refractivity contribution in [1.82, 2.24) is 15.5 Å². The second kappa shape index (κ2) is 11.0. The third-order valence-electron chi connectivity index (χ3n) is 5.39. The Morgan fingerprint density at radius 3 is 2.29 bits per heavy atom. The summed E-state index contributed by atoms with van der Waals surface area (Å²) in [6.07, 6.45) is 0.397. The van der Waals surface area contributed by atoms with Crippen molar-refractivity contribution < 1.29 is 23.6 Å². The van der Waals surface area contributed by atoms with Crippen molar-refractivity contribution >= 4 is 29.3 Å². The molecule has 3 amide bonds. The Balaban J connectivity index is 1.65. The zero-order valence-corrected chi connectivity index (χ0v) is 20.0. The number of benzene rings is 2. The monoisotopic (exact) mass is 480 g/mol. The van der Waals surface area contributed by atoms with Crippen LogP contribution >= 0.6 is 0 Å². The van der Waals surface area contributed by atoms with Crippen LogP contribution in [-0.2, 0) is 20.9 Å². The first kappa shape index (κ1) is 25.7. The van der Waals surface area contributed by atoms with E-state index in [-0.39, 0.29) is 19.0 Å². The summed E-state index contributed by atoms with van der Waals surface area (Å²) in [6, 6.07) is 12.9. The zero-order chi connectivity index (χ0) is 25.6. The molecule has 1 atom stereocenters. The van der Waals surface area contributed by atoms with Crippen LogP contribution in [0.15, 0.2) is 59.6 Å². The lowest BCUT2D eigenvalue weighted by Gasteiger charge is -2.36. The molecule has 2 aromatic rings. The van der Waals surface area contributed by atoms with Crippen LogP contribution in [0.4, 0.5) is 4.39 Å². The Morgan fingerprint density at radius 1 is 1.00 bits per heavy atom. The normalized spacial score (nSPS) is 16.1. The highest BCUT2D eigenvalue weighted by Crippen LogP contribution is 2.24. The maximum Gasteiger partial charge on any atom is 0.298 e. The van der Waals surface area contributed by atoms with Crippen molar-refractivity contribution in [2.24, 2.45) is 10.4 Å². The molecule has 0 aliphatic carbocycles. The third kappa shape index (κ3) is 6.59. The number of Topliss-reactive ketones (excluding diaryl/α,β-unsaturated/α-hetero) is 1. The predicted molar refractivity (Wildman–Crippen MR) is 129 cm³/mol. The van der Waals surface area contributed by atoms with Gasteiger partial charge in [-0.3, -0.25) is 24.1 Å². The highest BCUT2D eigenvalue weighted by Gasteiger charge is 2.43. The fraction of sp³-hybridized carbons (Fsp3) is 0.346. The van der Waals surface area contributed by atoms with Gasteiger partial charge >= 0.3 is 0 Å². The van der Waals surface area contributed by atoms with Gasteiger partial charge in [0.25, 0.3) is 23.5 Å². The fourth-order valence-corrected chi connectivity index (χ4v) is 3.60. The van der Waals surface area contributed by atoms with Crippen LogP contribution in [0.5, 0.6) is 0 Å². The van der Waals surface area contributed by atoms with Crippen molar-refractivity contribution in [3.63, 3.8) is 0 Å². The molecule has 0 bridgehead atoms. The van der Waals surface area contributed by atoms with E-state index in [1.165, 1.54) is 29.2 Å². The molecule has 0 saturated carbocycles. The quantitative estimate of drug-likeness (QED) is 0.344. The molecule has 0 radical (unpaired) electrons. The molecule has 0 fully saturated rings. The first-order chi connectivity index (χ1) is 16.6. The molecule has 0 saturated heterocycles. The van der Waals surface area contributed by atoms with Crippen molar-refractivity contribution in [2.45, 2.75) is 39.8 Å². The first-order valence-electron chi connectivity index (χ1n) is 11.4. The van der Waals surface area contributed by atoms with E-state index in [0.29, 0.717) is 29.9 Å². The molecule has 184 valence electrons. The molecular formula is C26H29FN4O4. The number of amidine groups is 1. The lowest BCUT2D eigenvalue weighted by atomic mass is 9.91. The molecule has 35 heavy (non-hydrogen) atoms. The van der Waals surface area contributed by atoms with Gasteiger partial charge in [0.15, 0.2) is 6.04 Å². The molecule has 1 heterocycles. The van der Waals surface area contributed by atoms with Crippen LogP contribution in [0.1, 0.15) is 43.1 Å². The summed E-state index contributed by atoms with van der Waals surface area (Å²) < 4.78 is 13.1. The summed E-state index contributed by atoms with van der Waals surface area (Å²) in [5.41, 5.74) is 0.566. The third-order valence-corrected chi connectivity index (χ3v) is 5.39. The van der Waals surface area contributed by atoms with Crippen LogP contribution in [-0.4, -0.2) is 53.4 Å². The number of aliphatic imine (C=N–C) groups is 1. The molecule has 1 aliphatic rings. The molecule has 1 aliphatic heterocycles. The van der Waals surface area contributed by atoms with Crippen LogP contribution in [0.25, 0.3) is 0 Å². The van der Waals surface area contributed by atoms with Gasteiger partial charge in [-0.15, -0.1) is 0 Å². The number of carbonyl (C=O) groups excluding carboxylic acids is 4. The standard InChI is InChI=1S/C26H29FN4O4/c1-26(2,3)25-30-20(23(34)29-16-17-10-12-19(27)13-11-17)21(32)24(35)31(25)15-7-14-28-22(33)18-8-5-4-6-9-18/h4-6,8-13,20H,7,14-16H2,1-3H3,(H,28,33)(H,29,34). The van der Waals surface area contributed by atoms with E-state index in [1.807, 2.05) is 26.8 Å². The molecule has 0 aromatic heterocycles. The van der Waals surface area contributed by atoms with Gasteiger partial charge in [-0.2, -0.15) is 0 Å². The highest BCUT2D eigenvalue weighted by molar-refractivity contribution is 6.46. The smallest absolute Gasteiger partial charge is 0.298 e. The van der Waals surface area contributed by atoms with Crippen LogP contribution < -0.4 is 10.6 Å². The first-order valence-corrected chi connectivity index (χ1v) is 11.4. The molecule has 1 unspecified atom stereocenters. The minimum absolute atomic E-state index is 0.0717. The molecular weight excluding hydrogens is 451 g/mol. The summed E-state index contributed by atoms with van der Waals surface area (Å²) in [5.74, 6) is -2.70. The summed E-state index contributed by atoms with van der Waals surface area (Å²) in [7, 11) is 0. The average molecular weight is 481 g/mol. The van der Waals surface area contributed by atoms with E-state index in [9.17, 15) is 23.6 Å². The Morgan fingerprint density at radius 2 is 1.66 bits per heavy atom. The van der Waals surface area contributed by atoms with E-state index in [1.54, 1.807) is 24.3 Å². The number of rotatable bonds is 8. The number of hydrogen-bond donors (Lipinski definition) is 2. The predicted octanol–water partition coefficient (Wildman–Crippen LogP) is 2.49. The highest BCUT2D eigenvalue weighted by atomic mass is 19.1. The van der Waals surface area contributed by atoms with Crippen molar-refractivity contribution in [2.75, 3.05) is 13.1 Å². The molecule has 0 spiro atoms. The topological polar surface area (TPSA) is 108 Å².